The van der Waals surface area contributed by atoms with Crippen molar-refractivity contribution in [1.82, 2.24) is 15.1 Å². The quantitative estimate of drug-likeness (QED) is 0.715. The Morgan fingerprint density at radius 3 is 2.61 bits per heavy atom. The van der Waals surface area contributed by atoms with E-state index >= 15 is 0 Å². The summed E-state index contributed by atoms with van der Waals surface area (Å²) in [7, 11) is 0. The molecule has 0 saturated carbocycles. The predicted octanol–water partition coefficient (Wildman–Crippen LogP) is -0.401. The molecule has 2 aliphatic rings. The van der Waals surface area contributed by atoms with Gasteiger partial charge in [0.1, 0.15) is 0 Å². The Bertz CT molecular complexity index is 313. The standard InChI is InChI=1S/C12H22N4O2/c13-4-1-10-2-6-15(7-3-10)9-11(17)16-8-5-14-12(16)18/h10H,1-9,13H2,(H,14,18). The van der Waals surface area contributed by atoms with Crippen LogP contribution in [0.4, 0.5) is 4.79 Å². The third-order valence-corrected chi connectivity index (χ3v) is 3.80. The van der Waals surface area contributed by atoms with Crippen LogP contribution >= 0.6 is 0 Å². The normalized spacial score (nSPS) is 22.3. The third-order valence-electron chi connectivity index (χ3n) is 3.80. The van der Waals surface area contributed by atoms with Crippen LogP contribution in [0.2, 0.25) is 0 Å². The van der Waals surface area contributed by atoms with E-state index in [2.05, 4.69) is 10.2 Å². The van der Waals surface area contributed by atoms with Crippen LogP contribution in [0.5, 0.6) is 0 Å². The van der Waals surface area contributed by atoms with Crippen molar-refractivity contribution < 1.29 is 9.59 Å². The van der Waals surface area contributed by atoms with Gasteiger partial charge in [0.15, 0.2) is 0 Å². The van der Waals surface area contributed by atoms with E-state index in [1.54, 1.807) is 0 Å². The molecule has 3 N–H and O–H groups in total. The lowest BCUT2D eigenvalue weighted by atomic mass is 9.94. The summed E-state index contributed by atoms with van der Waals surface area (Å²) in [6, 6.07) is -0.252. The zero-order chi connectivity index (χ0) is 13.0. The molecule has 0 radical (unpaired) electrons. The highest BCUT2D eigenvalue weighted by Gasteiger charge is 2.28. The molecule has 0 spiro atoms. The number of urea groups is 1. The molecule has 0 unspecified atom stereocenters. The molecular formula is C12H22N4O2. The average molecular weight is 254 g/mol. The Morgan fingerprint density at radius 1 is 1.33 bits per heavy atom. The van der Waals surface area contributed by atoms with E-state index in [-0.39, 0.29) is 11.9 Å². The smallest absolute Gasteiger partial charge is 0.324 e. The molecule has 6 nitrogen and oxygen atoms in total. The Labute approximate surface area is 107 Å². The van der Waals surface area contributed by atoms with Crippen molar-refractivity contribution in [3.63, 3.8) is 0 Å². The summed E-state index contributed by atoms with van der Waals surface area (Å²) >= 11 is 0. The number of nitrogens with zero attached hydrogens (tertiary/aromatic N) is 2. The van der Waals surface area contributed by atoms with Gasteiger partial charge in [-0.05, 0) is 44.8 Å². The van der Waals surface area contributed by atoms with Crippen LogP contribution < -0.4 is 11.1 Å². The average Bonchev–Trinajstić information content (AvgIpc) is 2.78. The van der Waals surface area contributed by atoms with Gasteiger partial charge in [0.05, 0.1) is 6.54 Å². The molecule has 6 heteroatoms. The fourth-order valence-corrected chi connectivity index (χ4v) is 2.66. The number of hydrogen-bond acceptors (Lipinski definition) is 4. The number of nitrogens with one attached hydrogen (secondary N) is 1. The fraction of sp³-hybridized carbons (Fsp3) is 0.833. The van der Waals surface area contributed by atoms with Gasteiger partial charge in [-0.25, -0.2) is 4.79 Å². The molecule has 0 bridgehead atoms. The summed E-state index contributed by atoms with van der Waals surface area (Å²) < 4.78 is 0. The minimum absolute atomic E-state index is 0.0812. The second kappa shape index (κ2) is 6.15. The SMILES string of the molecule is NCCC1CCN(CC(=O)N2CCNC2=O)CC1. The zero-order valence-corrected chi connectivity index (χ0v) is 10.7. The highest BCUT2D eigenvalue weighted by atomic mass is 16.2. The lowest BCUT2D eigenvalue weighted by Crippen LogP contribution is -2.44. The predicted molar refractivity (Wildman–Crippen MR) is 67.9 cm³/mol. The monoisotopic (exact) mass is 254 g/mol. The summed E-state index contributed by atoms with van der Waals surface area (Å²) in [5.41, 5.74) is 5.55. The van der Waals surface area contributed by atoms with Crippen molar-refractivity contribution in [2.24, 2.45) is 11.7 Å². The van der Waals surface area contributed by atoms with Crippen molar-refractivity contribution in [2.75, 3.05) is 39.3 Å². The number of piperidine rings is 1. The summed E-state index contributed by atoms with van der Waals surface area (Å²) in [6.07, 6.45) is 3.30. The molecule has 18 heavy (non-hydrogen) atoms. The van der Waals surface area contributed by atoms with Gasteiger partial charge in [0, 0.05) is 13.1 Å². The summed E-state index contributed by atoms with van der Waals surface area (Å²) in [6.45, 7) is 4.06. The Balaban J connectivity index is 1.74. The maximum Gasteiger partial charge on any atom is 0.324 e. The van der Waals surface area contributed by atoms with Gasteiger partial charge in [-0.1, -0.05) is 0 Å². The number of likely N-dealkylation sites (tertiary alicyclic amines) is 1. The number of rotatable bonds is 4. The van der Waals surface area contributed by atoms with E-state index in [0.717, 1.165) is 38.9 Å². The van der Waals surface area contributed by atoms with Crippen molar-refractivity contribution in [2.45, 2.75) is 19.3 Å². The van der Waals surface area contributed by atoms with Crippen LogP contribution in [-0.4, -0.2) is 61.0 Å². The Hall–Kier alpha value is -1.14. The van der Waals surface area contributed by atoms with Crippen LogP contribution in [0.1, 0.15) is 19.3 Å². The van der Waals surface area contributed by atoms with E-state index in [9.17, 15) is 9.59 Å². The topological polar surface area (TPSA) is 78.7 Å². The summed E-state index contributed by atoms with van der Waals surface area (Å²) in [5, 5.41) is 2.65. The van der Waals surface area contributed by atoms with Crippen molar-refractivity contribution in [3.8, 4) is 0 Å². The molecule has 0 aromatic carbocycles. The van der Waals surface area contributed by atoms with Gasteiger partial charge in [-0.2, -0.15) is 0 Å². The molecule has 2 rings (SSSR count). The number of carbonyl (C=O) groups excluding carboxylic acids is 2. The fourth-order valence-electron chi connectivity index (χ4n) is 2.66. The van der Waals surface area contributed by atoms with E-state index in [4.69, 9.17) is 5.73 Å². The van der Waals surface area contributed by atoms with E-state index < -0.39 is 0 Å². The van der Waals surface area contributed by atoms with Crippen molar-refractivity contribution >= 4 is 11.9 Å². The Kier molecular flexibility index (Phi) is 4.54. The van der Waals surface area contributed by atoms with Crippen LogP contribution in [0.15, 0.2) is 0 Å². The molecule has 0 aromatic heterocycles. The largest absolute Gasteiger partial charge is 0.336 e. The van der Waals surface area contributed by atoms with Crippen molar-refractivity contribution in [1.29, 1.82) is 0 Å². The lowest BCUT2D eigenvalue weighted by Gasteiger charge is -2.31. The molecular weight excluding hydrogens is 232 g/mol. The number of carbonyl (C=O) groups is 2. The summed E-state index contributed by atoms with van der Waals surface area (Å²) in [4.78, 5) is 26.7. The van der Waals surface area contributed by atoms with Crippen LogP contribution in [0.25, 0.3) is 0 Å². The van der Waals surface area contributed by atoms with E-state index in [1.807, 2.05) is 0 Å². The van der Waals surface area contributed by atoms with Gasteiger partial charge in [-0.3, -0.25) is 14.6 Å². The molecule has 3 amide bonds. The molecule has 2 heterocycles. The van der Waals surface area contributed by atoms with Gasteiger partial charge in [-0.15, -0.1) is 0 Å². The highest BCUT2D eigenvalue weighted by Crippen LogP contribution is 2.19. The number of amides is 3. The maximum atomic E-state index is 11.9. The van der Waals surface area contributed by atoms with E-state index in [1.165, 1.54) is 4.90 Å². The second-order valence-corrected chi connectivity index (χ2v) is 5.07. The van der Waals surface area contributed by atoms with Gasteiger partial charge < -0.3 is 11.1 Å². The minimum atomic E-state index is -0.252. The number of hydrogen-bond donors (Lipinski definition) is 2. The van der Waals surface area contributed by atoms with Gasteiger partial charge in [0.25, 0.3) is 0 Å². The van der Waals surface area contributed by atoms with E-state index in [0.29, 0.717) is 25.6 Å². The highest BCUT2D eigenvalue weighted by molar-refractivity contribution is 5.96. The molecule has 0 aliphatic carbocycles. The first-order valence-electron chi connectivity index (χ1n) is 6.71. The first-order valence-corrected chi connectivity index (χ1v) is 6.71. The first kappa shape index (κ1) is 13.3. The molecule has 2 aliphatic heterocycles. The van der Waals surface area contributed by atoms with Crippen molar-refractivity contribution in [3.05, 3.63) is 0 Å². The minimum Gasteiger partial charge on any atom is -0.336 e. The zero-order valence-electron chi connectivity index (χ0n) is 10.7. The molecule has 0 atom stereocenters. The maximum absolute atomic E-state index is 11.9. The molecule has 102 valence electrons. The van der Waals surface area contributed by atoms with Gasteiger partial charge >= 0.3 is 6.03 Å². The Morgan fingerprint density at radius 2 is 2.06 bits per heavy atom. The van der Waals surface area contributed by atoms with Crippen LogP contribution in [0, 0.1) is 5.92 Å². The molecule has 0 aromatic rings. The molecule has 2 saturated heterocycles. The lowest BCUT2D eigenvalue weighted by molar-refractivity contribution is -0.129. The van der Waals surface area contributed by atoms with Crippen LogP contribution in [-0.2, 0) is 4.79 Å². The van der Waals surface area contributed by atoms with Gasteiger partial charge in [0.2, 0.25) is 5.91 Å². The third kappa shape index (κ3) is 3.20. The molecule has 2 fully saturated rings. The summed E-state index contributed by atoms with van der Waals surface area (Å²) in [5.74, 6) is 0.624. The van der Waals surface area contributed by atoms with Crippen LogP contribution in [0.3, 0.4) is 0 Å². The first-order chi connectivity index (χ1) is 8.70. The number of nitrogens with two attached hydrogens (primary N) is 1. The number of imide groups is 1. The second-order valence-electron chi connectivity index (χ2n) is 5.07.